The summed E-state index contributed by atoms with van der Waals surface area (Å²) < 4.78 is 58.9. The molecule has 0 spiro atoms. The van der Waals surface area contributed by atoms with Crippen LogP contribution in [0.1, 0.15) is 26.7 Å². The van der Waals surface area contributed by atoms with Gasteiger partial charge in [0.1, 0.15) is 30.7 Å². The summed E-state index contributed by atoms with van der Waals surface area (Å²) in [5.41, 5.74) is 2.75. The van der Waals surface area contributed by atoms with E-state index in [4.69, 9.17) is 23.7 Å². The number of thiophene rings is 2. The maximum atomic E-state index is 14.2. The number of hydrogen-bond donors (Lipinski definition) is 0. The molecule has 0 bridgehead atoms. The zero-order chi connectivity index (χ0) is 28.5. The highest BCUT2D eigenvalue weighted by Gasteiger charge is 2.19. The lowest BCUT2D eigenvalue weighted by Crippen LogP contribution is -2.05. The Morgan fingerprint density at radius 1 is 0.650 bits per heavy atom. The average molecular weight is 718 g/mol. The molecule has 0 saturated carbocycles. The predicted octanol–water partition coefficient (Wildman–Crippen LogP) is 9.96. The van der Waals surface area contributed by atoms with E-state index < -0.39 is 0 Å². The highest BCUT2D eigenvalue weighted by atomic mass is 79.9. The molecule has 0 amide bonds. The van der Waals surface area contributed by atoms with Gasteiger partial charge >= 0.3 is 0 Å². The van der Waals surface area contributed by atoms with Crippen LogP contribution in [0.3, 0.4) is 0 Å². The first-order valence-electron chi connectivity index (χ1n) is 12.7. The predicted molar refractivity (Wildman–Crippen MR) is 163 cm³/mol. The first kappa shape index (κ1) is 30.8. The van der Waals surface area contributed by atoms with E-state index in [9.17, 15) is 8.78 Å². The largest absolute Gasteiger partial charge is 0.493 e. The molecule has 0 aliphatic rings. The quantitative estimate of drug-likeness (QED) is 0.0905. The Labute approximate surface area is 257 Å². The summed E-state index contributed by atoms with van der Waals surface area (Å²) in [6, 6.07) is 8.92. The molecule has 4 aromatic rings. The number of rotatable bonds is 15. The Bertz CT molecular complexity index is 1410. The molecule has 40 heavy (non-hydrogen) atoms. The van der Waals surface area contributed by atoms with Gasteiger partial charge in [0, 0.05) is 39.6 Å². The van der Waals surface area contributed by atoms with E-state index >= 15 is 0 Å². The molecule has 0 aliphatic heterocycles. The number of benzene rings is 2. The fraction of sp³-hybridized carbons (Fsp3) is 0.310. The van der Waals surface area contributed by atoms with E-state index in [0.717, 1.165) is 18.7 Å². The molecule has 2 heterocycles. The summed E-state index contributed by atoms with van der Waals surface area (Å²) in [4.78, 5) is 0. The van der Waals surface area contributed by atoms with Crippen molar-refractivity contribution in [2.24, 2.45) is 0 Å². The van der Waals surface area contributed by atoms with Gasteiger partial charge in [-0.05, 0) is 94.9 Å². The van der Waals surface area contributed by atoms with E-state index in [1.54, 1.807) is 12.1 Å². The van der Waals surface area contributed by atoms with Crippen LogP contribution in [0.5, 0.6) is 23.0 Å². The molecule has 214 valence electrons. The Morgan fingerprint density at radius 3 is 1.62 bits per heavy atom. The second kappa shape index (κ2) is 15.2. The minimum Gasteiger partial charge on any atom is -0.493 e. The highest BCUT2D eigenvalue weighted by molar-refractivity contribution is 9.11. The Morgan fingerprint density at radius 2 is 1.15 bits per heavy atom. The topological polar surface area (TPSA) is 46.2 Å². The van der Waals surface area contributed by atoms with Crippen molar-refractivity contribution in [3.8, 4) is 45.3 Å². The van der Waals surface area contributed by atoms with E-state index in [0.29, 0.717) is 73.4 Å². The fourth-order valence-electron chi connectivity index (χ4n) is 3.86. The van der Waals surface area contributed by atoms with Gasteiger partial charge in [0.2, 0.25) is 0 Å². The standard InChI is InChI=1S/C29H28Br2F2O5S2/c1-3-34-17-38-27-23(16-40-29(27)31)21-14-19(33)8-10-25(21)37-12-6-5-11-36-24-9-7-18(32)13-20(24)22-15-39-28(30)26(22)35-4-2/h7-10,13-16H,3-6,11-12,17H2,1-2H3. The first-order valence-corrected chi connectivity index (χ1v) is 16.0. The molecule has 0 radical (unpaired) electrons. The van der Waals surface area contributed by atoms with E-state index in [-0.39, 0.29) is 18.4 Å². The second-order valence-electron chi connectivity index (χ2n) is 8.38. The lowest BCUT2D eigenvalue weighted by molar-refractivity contribution is 0.0226. The van der Waals surface area contributed by atoms with Crippen molar-refractivity contribution in [1.29, 1.82) is 0 Å². The summed E-state index contributed by atoms with van der Waals surface area (Å²) in [7, 11) is 0. The Hall–Kier alpha value is -2.18. The van der Waals surface area contributed by atoms with Crippen molar-refractivity contribution in [2.75, 3.05) is 33.2 Å². The molecule has 0 fully saturated rings. The molecule has 5 nitrogen and oxygen atoms in total. The van der Waals surface area contributed by atoms with Crippen LogP contribution in [0.2, 0.25) is 0 Å². The molecular weight excluding hydrogens is 690 g/mol. The molecule has 0 unspecified atom stereocenters. The van der Waals surface area contributed by atoms with E-state index in [1.807, 2.05) is 24.6 Å². The number of hydrogen-bond acceptors (Lipinski definition) is 7. The van der Waals surface area contributed by atoms with E-state index in [1.165, 1.54) is 46.9 Å². The molecule has 4 rings (SSSR count). The molecular formula is C29H28Br2F2O5S2. The van der Waals surface area contributed by atoms with Crippen molar-refractivity contribution >= 4 is 54.5 Å². The maximum Gasteiger partial charge on any atom is 0.189 e. The summed E-state index contributed by atoms with van der Waals surface area (Å²) in [5.74, 6) is 1.69. The minimum atomic E-state index is -0.367. The van der Waals surface area contributed by atoms with Crippen molar-refractivity contribution in [1.82, 2.24) is 0 Å². The number of ether oxygens (including phenoxy) is 5. The van der Waals surface area contributed by atoms with Crippen LogP contribution in [-0.2, 0) is 4.74 Å². The zero-order valence-electron chi connectivity index (χ0n) is 21.9. The first-order chi connectivity index (χ1) is 19.4. The number of unbranched alkanes of at least 4 members (excludes halogenated alkanes) is 1. The summed E-state index contributed by atoms with van der Waals surface area (Å²) in [6.07, 6.45) is 1.40. The summed E-state index contributed by atoms with van der Waals surface area (Å²) in [6.45, 7) is 5.73. The van der Waals surface area contributed by atoms with Crippen LogP contribution in [0.15, 0.2) is 54.7 Å². The Kier molecular flexibility index (Phi) is 11.7. The minimum absolute atomic E-state index is 0.0940. The van der Waals surface area contributed by atoms with Gasteiger partial charge in [0.05, 0.1) is 19.8 Å². The van der Waals surface area contributed by atoms with Gasteiger partial charge in [-0.25, -0.2) is 8.78 Å². The van der Waals surface area contributed by atoms with Crippen LogP contribution in [0.25, 0.3) is 22.3 Å². The zero-order valence-corrected chi connectivity index (χ0v) is 26.7. The Balaban J connectivity index is 1.37. The lowest BCUT2D eigenvalue weighted by Gasteiger charge is -2.14. The van der Waals surface area contributed by atoms with Gasteiger partial charge < -0.3 is 23.7 Å². The molecule has 0 atom stereocenters. The van der Waals surface area contributed by atoms with E-state index in [2.05, 4.69) is 31.9 Å². The molecule has 0 aliphatic carbocycles. The normalized spacial score (nSPS) is 11.1. The van der Waals surface area contributed by atoms with Crippen LogP contribution in [0.4, 0.5) is 8.78 Å². The lowest BCUT2D eigenvalue weighted by atomic mass is 10.1. The third-order valence-corrected chi connectivity index (χ3v) is 9.04. The SMILES string of the molecule is CCOCOc1c(-c2cc(F)ccc2OCCCCOc2ccc(F)cc2-c2csc(Br)c2OCC)csc1Br. The summed E-state index contributed by atoms with van der Waals surface area (Å²) >= 11 is 9.94. The highest BCUT2D eigenvalue weighted by Crippen LogP contribution is 2.46. The van der Waals surface area contributed by atoms with Crippen LogP contribution >= 0.6 is 54.5 Å². The molecule has 11 heteroatoms. The van der Waals surface area contributed by atoms with Crippen molar-refractivity contribution in [3.05, 3.63) is 66.4 Å². The second-order valence-corrected chi connectivity index (χ2v) is 12.8. The smallest absolute Gasteiger partial charge is 0.189 e. The van der Waals surface area contributed by atoms with Gasteiger partial charge in [-0.15, -0.1) is 22.7 Å². The molecule has 0 saturated heterocycles. The van der Waals surface area contributed by atoms with Gasteiger partial charge in [-0.1, -0.05) is 0 Å². The average Bonchev–Trinajstić information content (AvgIpc) is 3.49. The van der Waals surface area contributed by atoms with Crippen LogP contribution in [0, 0.1) is 11.6 Å². The molecule has 2 aromatic carbocycles. The van der Waals surface area contributed by atoms with Gasteiger partial charge in [-0.2, -0.15) is 0 Å². The van der Waals surface area contributed by atoms with Gasteiger partial charge in [0.25, 0.3) is 0 Å². The van der Waals surface area contributed by atoms with Crippen LogP contribution in [-0.4, -0.2) is 33.2 Å². The maximum absolute atomic E-state index is 14.2. The monoisotopic (exact) mass is 716 g/mol. The van der Waals surface area contributed by atoms with Crippen molar-refractivity contribution < 1.29 is 32.5 Å². The molecule has 2 aromatic heterocycles. The fourth-order valence-corrected chi connectivity index (χ4v) is 6.54. The van der Waals surface area contributed by atoms with Crippen molar-refractivity contribution in [3.63, 3.8) is 0 Å². The van der Waals surface area contributed by atoms with Gasteiger partial charge in [0.15, 0.2) is 18.3 Å². The molecule has 0 N–H and O–H groups in total. The third-order valence-electron chi connectivity index (χ3n) is 5.70. The van der Waals surface area contributed by atoms with Crippen molar-refractivity contribution in [2.45, 2.75) is 26.7 Å². The number of halogens is 4. The van der Waals surface area contributed by atoms with Crippen LogP contribution < -0.4 is 18.9 Å². The van der Waals surface area contributed by atoms with Gasteiger partial charge in [-0.3, -0.25) is 0 Å². The summed E-state index contributed by atoms with van der Waals surface area (Å²) in [5, 5.41) is 3.81. The third kappa shape index (κ3) is 7.76.